The summed E-state index contributed by atoms with van der Waals surface area (Å²) in [4.78, 5) is 2.23. The number of hydrogen-bond donors (Lipinski definition) is 0. The molecule has 3 nitrogen and oxygen atoms in total. The molecule has 0 bridgehead atoms. The summed E-state index contributed by atoms with van der Waals surface area (Å²) in [6.07, 6.45) is 3.76. The van der Waals surface area contributed by atoms with Gasteiger partial charge in [-0.25, -0.2) is 8.42 Å². The summed E-state index contributed by atoms with van der Waals surface area (Å²) in [6, 6.07) is 0. The molecule has 18 heavy (non-hydrogen) atoms. The van der Waals surface area contributed by atoms with Gasteiger partial charge in [-0.15, -0.1) is 0 Å². The molecule has 1 unspecified atom stereocenters. The van der Waals surface area contributed by atoms with Crippen molar-refractivity contribution < 1.29 is 8.42 Å². The zero-order valence-corrected chi connectivity index (χ0v) is 14.1. The number of hydrogen-bond acceptors (Lipinski definition) is 4. The van der Waals surface area contributed by atoms with Gasteiger partial charge in [0.1, 0.15) is 5.37 Å². The smallest absolute Gasteiger partial charge is 0.166 e. The van der Waals surface area contributed by atoms with Crippen LogP contribution < -0.4 is 0 Å². The summed E-state index contributed by atoms with van der Waals surface area (Å²) in [5.74, 6) is 2.07. The van der Waals surface area contributed by atoms with Crippen molar-refractivity contribution in [1.82, 2.24) is 4.90 Å². The summed E-state index contributed by atoms with van der Waals surface area (Å²) in [7, 11) is -2.95. The van der Waals surface area contributed by atoms with E-state index >= 15 is 0 Å². The van der Waals surface area contributed by atoms with Crippen molar-refractivity contribution in [2.24, 2.45) is 5.41 Å². The largest absolute Gasteiger partial charge is 0.285 e. The van der Waals surface area contributed by atoms with Gasteiger partial charge in [0.25, 0.3) is 0 Å². The van der Waals surface area contributed by atoms with E-state index in [0.29, 0.717) is 5.41 Å². The standard InChI is InChI=1S/C12H22BrNO2S2/c1-2-18(15,16)11-8-17-7-6-14(11)10-12(9-13)4-3-5-12/h11H,2-10H2,1H3. The highest BCUT2D eigenvalue weighted by Crippen LogP contribution is 2.44. The van der Waals surface area contributed by atoms with E-state index in [4.69, 9.17) is 0 Å². The zero-order chi connectivity index (χ0) is 13.2. The van der Waals surface area contributed by atoms with Crippen molar-refractivity contribution in [2.75, 3.05) is 35.7 Å². The Bertz CT molecular complexity index is 376. The molecule has 0 aromatic carbocycles. The van der Waals surface area contributed by atoms with Crippen LogP contribution >= 0.6 is 27.7 Å². The predicted molar refractivity (Wildman–Crippen MR) is 82.2 cm³/mol. The van der Waals surface area contributed by atoms with Crippen LogP contribution in [-0.2, 0) is 9.84 Å². The van der Waals surface area contributed by atoms with Crippen LogP contribution in [0.4, 0.5) is 0 Å². The van der Waals surface area contributed by atoms with Crippen LogP contribution in [0.1, 0.15) is 26.2 Å². The van der Waals surface area contributed by atoms with Gasteiger partial charge in [-0.3, -0.25) is 4.90 Å². The van der Waals surface area contributed by atoms with Crippen molar-refractivity contribution in [1.29, 1.82) is 0 Å². The highest BCUT2D eigenvalue weighted by Gasteiger charge is 2.42. The highest BCUT2D eigenvalue weighted by atomic mass is 79.9. The van der Waals surface area contributed by atoms with Gasteiger partial charge >= 0.3 is 0 Å². The molecule has 106 valence electrons. The maximum atomic E-state index is 12.2. The van der Waals surface area contributed by atoms with Gasteiger partial charge < -0.3 is 0 Å². The average Bonchev–Trinajstić information content (AvgIpc) is 2.34. The molecule has 1 saturated heterocycles. The van der Waals surface area contributed by atoms with E-state index in [-0.39, 0.29) is 11.1 Å². The fraction of sp³-hybridized carbons (Fsp3) is 1.00. The normalized spacial score (nSPS) is 28.9. The minimum atomic E-state index is -2.95. The molecule has 0 aromatic rings. The molecule has 1 saturated carbocycles. The Kier molecular flexibility index (Phi) is 5.06. The van der Waals surface area contributed by atoms with Crippen molar-refractivity contribution in [3.05, 3.63) is 0 Å². The van der Waals surface area contributed by atoms with Crippen LogP contribution in [0.25, 0.3) is 0 Å². The van der Waals surface area contributed by atoms with Crippen molar-refractivity contribution >= 4 is 37.5 Å². The van der Waals surface area contributed by atoms with E-state index in [1.54, 1.807) is 18.7 Å². The Labute approximate surface area is 123 Å². The summed E-state index contributed by atoms with van der Waals surface area (Å²) >= 11 is 5.39. The van der Waals surface area contributed by atoms with E-state index in [1.165, 1.54) is 19.3 Å². The van der Waals surface area contributed by atoms with Crippen LogP contribution in [-0.4, -0.2) is 54.4 Å². The highest BCUT2D eigenvalue weighted by molar-refractivity contribution is 9.09. The molecule has 0 amide bonds. The molecule has 1 aliphatic heterocycles. The summed E-state index contributed by atoms with van der Waals surface area (Å²) in [5, 5.41) is 0.750. The molecule has 2 rings (SSSR count). The first-order valence-corrected chi connectivity index (χ1v) is 10.6. The maximum absolute atomic E-state index is 12.2. The lowest BCUT2D eigenvalue weighted by Gasteiger charge is -2.47. The van der Waals surface area contributed by atoms with Gasteiger partial charge in [0.05, 0.1) is 0 Å². The molecule has 1 aliphatic carbocycles. The quantitative estimate of drug-likeness (QED) is 0.709. The third-order valence-corrected chi connectivity index (χ3v) is 8.77. The van der Waals surface area contributed by atoms with Crippen molar-refractivity contribution in [3.8, 4) is 0 Å². The Balaban J connectivity index is 2.08. The fourth-order valence-corrected chi connectivity index (χ4v) is 6.58. The lowest BCUT2D eigenvalue weighted by molar-refractivity contribution is 0.0889. The molecule has 1 atom stereocenters. The average molecular weight is 356 g/mol. The Hall–Kier alpha value is 0.740. The summed E-state index contributed by atoms with van der Waals surface area (Å²) < 4.78 is 24.4. The first kappa shape index (κ1) is 15.1. The molecule has 0 aromatic heterocycles. The van der Waals surface area contributed by atoms with Gasteiger partial charge in [-0.2, -0.15) is 11.8 Å². The van der Waals surface area contributed by atoms with Crippen LogP contribution in [0, 0.1) is 5.41 Å². The maximum Gasteiger partial charge on any atom is 0.166 e. The van der Waals surface area contributed by atoms with Crippen LogP contribution in [0.3, 0.4) is 0 Å². The number of sulfone groups is 1. The minimum Gasteiger partial charge on any atom is -0.285 e. The number of rotatable bonds is 5. The Morgan fingerprint density at radius 1 is 1.44 bits per heavy atom. The van der Waals surface area contributed by atoms with E-state index < -0.39 is 9.84 Å². The van der Waals surface area contributed by atoms with Gasteiger partial charge in [-0.05, 0) is 18.3 Å². The van der Waals surface area contributed by atoms with Crippen LogP contribution in [0.15, 0.2) is 0 Å². The lowest BCUT2D eigenvalue weighted by Crippen LogP contribution is -2.53. The SMILES string of the molecule is CCS(=O)(=O)C1CSCCN1CC1(CBr)CCC1. The van der Waals surface area contributed by atoms with Crippen LogP contribution in [0.5, 0.6) is 0 Å². The number of alkyl halides is 1. The predicted octanol–water partition coefficient (Wildman–Crippen LogP) is 2.36. The van der Waals surface area contributed by atoms with E-state index in [0.717, 1.165) is 29.9 Å². The number of thioether (sulfide) groups is 1. The van der Waals surface area contributed by atoms with Crippen molar-refractivity contribution in [3.63, 3.8) is 0 Å². The second-order valence-electron chi connectivity index (χ2n) is 5.44. The molecule has 0 radical (unpaired) electrons. The number of halogens is 1. The Morgan fingerprint density at radius 3 is 2.67 bits per heavy atom. The lowest BCUT2D eigenvalue weighted by atomic mass is 9.70. The summed E-state index contributed by atoms with van der Waals surface area (Å²) in [6.45, 7) is 3.63. The molecule has 0 N–H and O–H groups in total. The number of nitrogens with zero attached hydrogens (tertiary/aromatic N) is 1. The third kappa shape index (κ3) is 3.07. The molecule has 2 fully saturated rings. The van der Waals surface area contributed by atoms with Crippen LogP contribution in [0.2, 0.25) is 0 Å². The molecular formula is C12H22BrNO2S2. The summed E-state index contributed by atoms with van der Waals surface area (Å²) in [5.41, 5.74) is 0.337. The van der Waals surface area contributed by atoms with Gasteiger partial charge in [-0.1, -0.05) is 29.3 Å². The first-order chi connectivity index (χ1) is 8.53. The third-order valence-electron chi connectivity index (χ3n) is 4.24. The first-order valence-electron chi connectivity index (χ1n) is 6.62. The van der Waals surface area contributed by atoms with E-state index in [9.17, 15) is 8.42 Å². The second-order valence-corrected chi connectivity index (χ2v) is 9.60. The topological polar surface area (TPSA) is 37.4 Å². The van der Waals surface area contributed by atoms with E-state index in [2.05, 4.69) is 20.8 Å². The molecule has 2 aliphatic rings. The fourth-order valence-electron chi connectivity index (χ4n) is 2.76. The van der Waals surface area contributed by atoms with Gasteiger partial charge in [0.15, 0.2) is 9.84 Å². The monoisotopic (exact) mass is 355 g/mol. The minimum absolute atomic E-state index is 0.252. The molecule has 6 heteroatoms. The second kappa shape index (κ2) is 6.02. The van der Waals surface area contributed by atoms with Gasteiger partial charge in [0, 0.05) is 35.7 Å². The Morgan fingerprint density at radius 2 is 2.17 bits per heavy atom. The van der Waals surface area contributed by atoms with Gasteiger partial charge in [0.2, 0.25) is 0 Å². The molecule has 0 spiro atoms. The zero-order valence-electron chi connectivity index (χ0n) is 10.9. The molecular weight excluding hydrogens is 334 g/mol. The van der Waals surface area contributed by atoms with Crippen molar-refractivity contribution in [2.45, 2.75) is 31.6 Å². The van der Waals surface area contributed by atoms with E-state index in [1.807, 2.05) is 0 Å². The molecule has 1 heterocycles.